The highest BCUT2D eigenvalue weighted by Gasteiger charge is 2.39. The highest BCUT2D eigenvalue weighted by atomic mass is 35.5. The maximum Gasteiger partial charge on any atom is 0.223 e. The van der Waals surface area contributed by atoms with Crippen LogP contribution in [0.25, 0.3) is 0 Å². The van der Waals surface area contributed by atoms with Gasteiger partial charge in [0.1, 0.15) is 11.4 Å². The Kier molecular flexibility index (Phi) is 6.88. The van der Waals surface area contributed by atoms with Crippen LogP contribution in [0.15, 0.2) is 48.5 Å². The second-order valence-corrected chi connectivity index (χ2v) is 9.34. The van der Waals surface area contributed by atoms with Crippen LogP contribution in [0.4, 0.5) is 0 Å². The second kappa shape index (κ2) is 9.62. The lowest BCUT2D eigenvalue weighted by atomic mass is 9.83. The van der Waals surface area contributed by atoms with E-state index in [-0.39, 0.29) is 23.5 Å². The molecule has 166 valence electrons. The van der Waals surface area contributed by atoms with Crippen molar-refractivity contribution in [3.63, 3.8) is 0 Å². The van der Waals surface area contributed by atoms with Gasteiger partial charge < -0.3 is 10.1 Å². The number of nitrogens with one attached hydrogen (secondary N) is 1. The molecule has 2 aliphatic heterocycles. The summed E-state index contributed by atoms with van der Waals surface area (Å²) >= 11 is 6.32. The van der Waals surface area contributed by atoms with Gasteiger partial charge in [0, 0.05) is 29.5 Å². The summed E-state index contributed by atoms with van der Waals surface area (Å²) in [4.78, 5) is 15.6. The summed E-state index contributed by atoms with van der Waals surface area (Å²) in [7, 11) is 0. The molecule has 1 amide bonds. The zero-order valence-corrected chi connectivity index (χ0v) is 19.3. The van der Waals surface area contributed by atoms with E-state index in [9.17, 15) is 4.79 Å². The number of benzene rings is 2. The first kappa shape index (κ1) is 22.2. The number of nitrogens with zero attached hydrogens (tertiary/aromatic N) is 1. The third kappa shape index (κ3) is 4.91. The quantitative estimate of drug-likeness (QED) is 0.621. The van der Waals surface area contributed by atoms with Crippen molar-refractivity contribution in [2.24, 2.45) is 5.92 Å². The van der Waals surface area contributed by atoms with Crippen molar-refractivity contribution in [2.75, 3.05) is 13.1 Å². The fourth-order valence-electron chi connectivity index (χ4n) is 4.94. The molecule has 1 N–H and O–H groups in total. The Bertz CT molecular complexity index is 904. The Hall–Kier alpha value is -2.04. The van der Waals surface area contributed by atoms with Crippen molar-refractivity contribution < 1.29 is 9.53 Å². The monoisotopic (exact) mass is 440 g/mol. The van der Waals surface area contributed by atoms with E-state index in [0.717, 1.165) is 73.6 Å². The predicted molar refractivity (Wildman–Crippen MR) is 125 cm³/mol. The number of fused-ring (bicyclic) bond motifs is 1. The van der Waals surface area contributed by atoms with Gasteiger partial charge in [-0.3, -0.25) is 9.69 Å². The van der Waals surface area contributed by atoms with Crippen LogP contribution in [-0.4, -0.2) is 29.5 Å². The normalized spacial score (nSPS) is 21.2. The second-order valence-electron chi connectivity index (χ2n) is 8.94. The highest BCUT2D eigenvalue weighted by Crippen LogP contribution is 2.42. The Morgan fingerprint density at radius 3 is 2.48 bits per heavy atom. The van der Waals surface area contributed by atoms with Crippen molar-refractivity contribution in [3.05, 3.63) is 64.7 Å². The summed E-state index contributed by atoms with van der Waals surface area (Å²) < 4.78 is 6.39. The van der Waals surface area contributed by atoms with Crippen molar-refractivity contribution in [2.45, 2.75) is 64.1 Å². The lowest BCUT2D eigenvalue weighted by molar-refractivity contribution is -0.128. The number of carbonyl (C=O) groups excluding carboxylic acids is 1. The third-order valence-corrected chi connectivity index (χ3v) is 7.48. The van der Waals surface area contributed by atoms with Crippen molar-refractivity contribution in [1.29, 1.82) is 0 Å². The Morgan fingerprint density at radius 1 is 1.10 bits per heavy atom. The molecule has 0 aliphatic carbocycles. The molecule has 1 saturated heterocycles. The molecule has 2 aromatic rings. The van der Waals surface area contributed by atoms with Gasteiger partial charge in [-0.1, -0.05) is 61.8 Å². The largest absolute Gasteiger partial charge is 0.487 e. The minimum absolute atomic E-state index is 0.0125. The number of ether oxygens (including phenoxy) is 1. The molecule has 4 nitrogen and oxygen atoms in total. The molecule has 0 unspecified atom stereocenters. The summed E-state index contributed by atoms with van der Waals surface area (Å²) in [6, 6.07) is 16.2. The number of para-hydroxylation sites is 1. The number of carbonyl (C=O) groups is 1. The smallest absolute Gasteiger partial charge is 0.223 e. The van der Waals surface area contributed by atoms with E-state index in [0.29, 0.717) is 0 Å². The van der Waals surface area contributed by atoms with Gasteiger partial charge in [0.25, 0.3) is 0 Å². The van der Waals surface area contributed by atoms with E-state index < -0.39 is 0 Å². The molecular weight excluding hydrogens is 408 g/mol. The summed E-state index contributed by atoms with van der Waals surface area (Å²) in [6.07, 6.45) is 4.46. The number of halogens is 1. The number of amides is 1. The Morgan fingerprint density at radius 2 is 1.77 bits per heavy atom. The van der Waals surface area contributed by atoms with Crippen LogP contribution in [0.5, 0.6) is 5.75 Å². The number of hydrogen-bond acceptors (Lipinski definition) is 3. The molecule has 2 heterocycles. The van der Waals surface area contributed by atoms with E-state index in [1.54, 1.807) is 0 Å². The standard InChI is InChI=1S/C26H33ClN2O2/c1-3-26(4-2)17-23(21-10-6-8-12-24(21)31-26)28-25(30)19-13-15-29(16-14-19)18-20-9-5-7-11-22(20)27/h5-12,19,23H,3-4,13-18H2,1-2H3,(H,28,30)/t23-/m1/s1. The van der Waals surface area contributed by atoms with Crippen LogP contribution in [0.2, 0.25) is 5.02 Å². The Balaban J connectivity index is 1.38. The van der Waals surface area contributed by atoms with E-state index in [1.807, 2.05) is 36.4 Å². The molecular formula is C26H33ClN2O2. The van der Waals surface area contributed by atoms with Crippen molar-refractivity contribution >= 4 is 17.5 Å². The van der Waals surface area contributed by atoms with Gasteiger partial charge in [-0.05, 0) is 56.5 Å². The van der Waals surface area contributed by atoms with Gasteiger partial charge in [0.2, 0.25) is 5.91 Å². The number of piperidine rings is 1. The molecule has 4 rings (SSSR count). The van der Waals surface area contributed by atoms with Crippen LogP contribution in [0.3, 0.4) is 0 Å². The average Bonchev–Trinajstić information content (AvgIpc) is 2.81. The molecule has 0 aromatic heterocycles. The highest BCUT2D eigenvalue weighted by molar-refractivity contribution is 6.31. The van der Waals surface area contributed by atoms with Gasteiger partial charge in [-0.25, -0.2) is 0 Å². The zero-order chi connectivity index (χ0) is 21.8. The first-order valence-corrected chi connectivity index (χ1v) is 12.0. The van der Waals surface area contributed by atoms with Gasteiger partial charge >= 0.3 is 0 Å². The molecule has 0 saturated carbocycles. The molecule has 0 spiro atoms. The maximum absolute atomic E-state index is 13.2. The number of hydrogen-bond donors (Lipinski definition) is 1. The molecule has 2 aromatic carbocycles. The van der Waals surface area contributed by atoms with E-state index >= 15 is 0 Å². The summed E-state index contributed by atoms with van der Waals surface area (Å²) in [6.45, 7) is 7.02. The fraction of sp³-hybridized carbons (Fsp3) is 0.500. The molecule has 0 bridgehead atoms. The van der Waals surface area contributed by atoms with E-state index in [4.69, 9.17) is 16.3 Å². The molecule has 1 atom stereocenters. The maximum atomic E-state index is 13.2. The van der Waals surface area contributed by atoms with Gasteiger partial charge in [0.05, 0.1) is 6.04 Å². The first-order valence-electron chi connectivity index (χ1n) is 11.6. The molecule has 2 aliphatic rings. The average molecular weight is 441 g/mol. The lowest BCUT2D eigenvalue weighted by Gasteiger charge is -2.42. The first-order chi connectivity index (χ1) is 15.0. The third-order valence-electron chi connectivity index (χ3n) is 7.11. The fourth-order valence-corrected chi connectivity index (χ4v) is 5.14. The summed E-state index contributed by atoms with van der Waals surface area (Å²) in [5, 5.41) is 4.20. The van der Waals surface area contributed by atoms with Gasteiger partial charge in [0.15, 0.2) is 0 Å². The number of rotatable bonds is 6. The predicted octanol–water partition coefficient (Wildman–Crippen LogP) is 5.75. The lowest BCUT2D eigenvalue weighted by Crippen LogP contribution is -2.47. The Labute approximate surface area is 190 Å². The van der Waals surface area contributed by atoms with Crippen molar-refractivity contribution in [1.82, 2.24) is 10.2 Å². The minimum atomic E-state index is -0.204. The summed E-state index contributed by atoms with van der Waals surface area (Å²) in [5.74, 6) is 1.16. The van der Waals surface area contributed by atoms with Crippen LogP contribution in [-0.2, 0) is 11.3 Å². The minimum Gasteiger partial charge on any atom is -0.487 e. The molecule has 31 heavy (non-hydrogen) atoms. The van der Waals surface area contributed by atoms with Gasteiger partial charge in [-0.15, -0.1) is 0 Å². The van der Waals surface area contributed by atoms with Crippen LogP contribution in [0.1, 0.15) is 63.1 Å². The number of likely N-dealkylation sites (tertiary alicyclic amines) is 1. The van der Waals surface area contributed by atoms with E-state index in [2.05, 4.69) is 36.2 Å². The molecule has 0 radical (unpaired) electrons. The van der Waals surface area contributed by atoms with Crippen LogP contribution >= 0.6 is 11.6 Å². The molecule has 1 fully saturated rings. The van der Waals surface area contributed by atoms with Crippen molar-refractivity contribution in [3.8, 4) is 5.75 Å². The van der Waals surface area contributed by atoms with Gasteiger partial charge in [-0.2, -0.15) is 0 Å². The van der Waals surface area contributed by atoms with Crippen LogP contribution in [0, 0.1) is 5.92 Å². The van der Waals surface area contributed by atoms with E-state index in [1.165, 1.54) is 0 Å². The topological polar surface area (TPSA) is 41.6 Å². The van der Waals surface area contributed by atoms with Crippen LogP contribution < -0.4 is 10.1 Å². The summed E-state index contributed by atoms with van der Waals surface area (Å²) in [5.41, 5.74) is 2.05. The SMILES string of the molecule is CCC1(CC)C[C@@H](NC(=O)C2CCN(Cc3ccccc3Cl)CC2)c2ccccc2O1. The molecule has 5 heteroatoms. The zero-order valence-electron chi connectivity index (χ0n) is 18.6.